The van der Waals surface area contributed by atoms with Crippen molar-refractivity contribution in [3.63, 3.8) is 0 Å². The third-order valence-electron chi connectivity index (χ3n) is 10.8. The largest absolute Gasteiger partial charge is 0.455 e. The second-order valence-corrected chi connectivity index (χ2v) is 13.7. The Morgan fingerprint density at radius 2 is 0.962 bits per heavy atom. The summed E-state index contributed by atoms with van der Waals surface area (Å²) in [4.78, 5) is 0. The van der Waals surface area contributed by atoms with Gasteiger partial charge in [-0.05, 0) is 81.1 Å². The summed E-state index contributed by atoms with van der Waals surface area (Å²) < 4.78 is 8.99. The predicted octanol–water partition coefficient (Wildman–Crippen LogP) is 14.0. The van der Waals surface area contributed by atoms with Crippen LogP contribution >= 0.6 is 0 Å². The first-order valence-corrected chi connectivity index (χ1v) is 17.8. The zero-order chi connectivity index (χ0) is 34.2. The molecule has 2 heteroatoms. The lowest BCUT2D eigenvalue weighted by atomic mass is 9.94. The predicted molar refractivity (Wildman–Crippen MR) is 219 cm³/mol. The highest BCUT2D eigenvalue weighted by atomic mass is 16.3. The third kappa shape index (κ3) is 4.38. The lowest BCUT2D eigenvalue weighted by Gasteiger charge is -2.17. The molecule has 9 aromatic carbocycles. The summed E-state index contributed by atoms with van der Waals surface area (Å²) in [5, 5.41) is 9.60. The number of hydrogen-bond donors (Lipinski definition) is 0. The number of para-hydroxylation sites is 3. The molecule has 0 amide bonds. The smallest absolute Gasteiger partial charge is 0.143 e. The molecule has 2 heterocycles. The van der Waals surface area contributed by atoms with Gasteiger partial charge < -0.3 is 8.98 Å². The molecule has 0 spiro atoms. The maximum absolute atomic E-state index is 6.49. The number of benzene rings is 9. The van der Waals surface area contributed by atoms with E-state index in [0.717, 1.165) is 33.1 Å². The molecule has 242 valence electrons. The van der Waals surface area contributed by atoms with E-state index < -0.39 is 0 Å². The summed E-state index contributed by atoms with van der Waals surface area (Å²) in [6.45, 7) is 0. The van der Waals surface area contributed by atoms with E-state index in [2.05, 4.69) is 187 Å². The Kier molecular flexibility index (Phi) is 6.28. The molecule has 0 unspecified atom stereocenters. The summed E-state index contributed by atoms with van der Waals surface area (Å²) in [6, 6.07) is 68.1. The Bertz CT molecular complexity index is 3170. The van der Waals surface area contributed by atoms with Gasteiger partial charge >= 0.3 is 0 Å². The van der Waals surface area contributed by atoms with Crippen LogP contribution in [0.25, 0.3) is 104 Å². The average molecular weight is 662 g/mol. The van der Waals surface area contributed by atoms with Crippen LogP contribution in [0.1, 0.15) is 0 Å². The highest BCUT2D eigenvalue weighted by Crippen LogP contribution is 2.43. The maximum Gasteiger partial charge on any atom is 0.143 e. The first-order valence-electron chi connectivity index (χ1n) is 17.8. The van der Waals surface area contributed by atoms with Gasteiger partial charge in [-0.2, -0.15) is 0 Å². The standard InChI is InChI=1S/C50H31NO/c1-3-12-32(13-4-1)34-24-26-39-38(28-34)29-36-23-22-35(33-14-5-2-6-15-33)30-44(36)49(39)51-46-20-9-7-16-41(46)45-31-37(25-27-47(45)51)40-18-11-19-43-42-17-8-10-21-48(42)52-50(40)43/h1-31H. The van der Waals surface area contributed by atoms with Crippen LogP contribution in [-0.2, 0) is 0 Å². The van der Waals surface area contributed by atoms with Crippen molar-refractivity contribution in [1.82, 2.24) is 4.57 Å². The number of furan rings is 1. The molecule has 0 aliphatic rings. The summed E-state index contributed by atoms with van der Waals surface area (Å²) >= 11 is 0. The number of fused-ring (bicyclic) bond motifs is 8. The Morgan fingerprint density at radius 3 is 1.79 bits per heavy atom. The third-order valence-corrected chi connectivity index (χ3v) is 10.8. The van der Waals surface area contributed by atoms with Crippen LogP contribution in [0.15, 0.2) is 192 Å². The van der Waals surface area contributed by atoms with Crippen molar-refractivity contribution >= 4 is 65.3 Å². The molecule has 0 bridgehead atoms. The van der Waals surface area contributed by atoms with Gasteiger partial charge in [0.2, 0.25) is 0 Å². The molecule has 0 atom stereocenters. The van der Waals surface area contributed by atoms with Crippen molar-refractivity contribution in [3.8, 4) is 39.1 Å². The van der Waals surface area contributed by atoms with E-state index >= 15 is 0 Å². The molecule has 11 rings (SSSR count). The minimum atomic E-state index is 0.913. The lowest BCUT2D eigenvalue weighted by molar-refractivity contribution is 0.670. The van der Waals surface area contributed by atoms with E-state index in [1.807, 2.05) is 6.07 Å². The molecule has 0 fully saturated rings. The van der Waals surface area contributed by atoms with E-state index in [0.29, 0.717) is 0 Å². The van der Waals surface area contributed by atoms with Crippen LogP contribution in [0, 0.1) is 0 Å². The highest BCUT2D eigenvalue weighted by molar-refractivity contribution is 6.17. The van der Waals surface area contributed by atoms with Crippen LogP contribution in [0.4, 0.5) is 0 Å². The molecule has 11 aromatic rings. The van der Waals surface area contributed by atoms with Gasteiger partial charge in [-0.3, -0.25) is 0 Å². The fraction of sp³-hybridized carbons (Fsp3) is 0. The molecule has 0 aliphatic carbocycles. The van der Waals surface area contributed by atoms with Gasteiger partial charge in [0.05, 0.1) is 16.7 Å². The molecule has 52 heavy (non-hydrogen) atoms. The van der Waals surface area contributed by atoms with Gasteiger partial charge in [0.15, 0.2) is 0 Å². The first kappa shape index (κ1) is 28.9. The normalized spacial score (nSPS) is 11.8. The van der Waals surface area contributed by atoms with Gasteiger partial charge in [-0.25, -0.2) is 0 Å². The molecule has 0 saturated carbocycles. The zero-order valence-electron chi connectivity index (χ0n) is 28.3. The van der Waals surface area contributed by atoms with Crippen molar-refractivity contribution < 1.29 is 4.42 Å². The fourth-order valence-corrected chi connectivity index (χ4v) is 8.31. The summed E-state index contributed by atoms with van der Waals surface area (Å²) in [6.07, 6.45) is 0. The van der Waals surface area contributed by atoms with E-state index in [1.54, 1.807) is 0 Å². The van der Waals surface area contributed by atoms with E-state index in [-0.39, 0.29) is 0 Å². The van der Waals surface area contributed by atoms with Crippen LogP contribution in [-0.4, -0.2) is 4.57 Å². The van der Waals surface area contributed by atoms with Crippen LogP contribution in [0.3, 0.4) is 0 Å². The van der Waals surface area contributed by atoms with Crippen molar-refractivity contribution in [2.24, 2.45) is 0 Å². The summed E-state index contributed by atoms with van der Waals surface area (Å²) in [5.74, 6) is 0. The summed E-state index contributed by atoms with van der Waals surface area (Å²) in [5.41, 5.74) is 12.5. The Labute approximate surface area is 300 Å². The Morgan fingerprint density at radius 1 is 0.327 bits per heavy atom. The van der Waals surface area contributed by atoms with Crippen LogP contribution < -0.4 is 0 Å². The van der Waals surface area contributed by atoms with E-state index in [1.165, 1.54) is 71.3 Å². The van der Waals surface area contributed by atoms with E-state index in [4.69, 9.17) is 4.42 Å². The molecule has 2 nitrogen and oxygen atoms in total. The molecule has 0 saturated heterocycles. The van der Waals surface area contributed by atoms with E-state index in [9.17, 15) is 0 Å². The SMILES string of the molecule is c1ccc(-c2ccc3c(-n4c5ccccc5c5cc(-c6cccc7c6oc6ccccc67)ccc54)c4cc(-c5ccccc5)ccc4cc3c2)cc1. The van der Waals surface area contributed by atoms with Gasteiger partial charge in [0, 0.05) is 37.9 Å². The average Bonchev–Trinajstić information content (AvgIpc) is 3.76. The number of nitrogens with zero attached hydrogens (tertiary/aromatic N) is 1. The second-order valence-electron chi connectivity index (χ2n) is 13.7. The molecule has 0 radical (unpaired) electrons. The number of aromatic nitrogens is 1. The molecule has 0 N–H and O–H groups in total. The highest BCUT2D eigenvalue weighted by Gasteiger charge is 2.20. The van der Waals surface area contributed by atoms with Crippen LogP contribution in [0.5, 0.6) is 0 Å². The first-order chi connectivity index (χ1) is 25.8. The lowest BCUT2D eigenvalue weighted by Crippen LogP contribution is -1.98. The minimum absolute atomic E-state index is 0.913. The van der Waals surface area contributed by atoms with Crippen molar-refractivity contribution in [2.75, 3.05) is 0 Å². The van der Waals surface area contributed by atoms with Crippen molar-refractivity contribution in [3.05, 3.63) is 188 Å². The quantitative estimate of drug-likeness (QED) is 0.172. The Hall–Kier alpha value is -6.90. The van der Waals surface area contributed by atoms with Gasteiger partial charge in [-0.15, -0.1) is 0 Å². The fourth-order valence-electron chi connectivity index (χ4n) is 8.31. The maximum atomic E-state index is 6.49. The van der Waals surface area contributed by atoms with Crippen molar-refractivity contribution in [2.45, 2.75) is 0 Å². The molecule has 0 aliphatic heterocycles. The monoisotopic (exact) mass is 661 g/mol. The van der Waals surface area contributed by atoms with Gasteiger partial charge in [0.1, 0.15) is 11.2 Å². The topological polar surface area (TPSA) is 18.1 Å². The second kappa shape index (κ2) is 11.3. The summed E-state index contributed by atoms with van der Waals surface area (Å²) in [7, 11) is 0. The molecular formula is C50H31NO. The van der Waals surface area contributed by atoms with Gasteiger partial charge in [0.25, 0.3) is 0 Å². The minimum Gasteiger partial charge on any atom is -0.455 e. The van der Waals surface area contributed by atoms with Crippen LogP contribution in [0.2, 0.25) is 0 Å². The van der Waals surface area contributed by atoms with Gasteiger partial charge in [-0.1, -0.05) is 146 Å². The Balaban J connectivity index is 1.21. The number of hydrogen-bond acceptors (Lipinski definition) is 1. The number of rotatable bonds is 4. The molecule has 2 aromatic heterocycles. The molecular weight excluding hydrogens is 631 g/mol. The zero-order valence-corrected chi connectivity index (χ0v) is 28.3. The van der Waals surface area contributed by atoms with Crippen molar-refractivity contribution in [1.29, 1.82) is 0 Å².